The van der Waals surface area contributed by atoms with Gasteiger partial charge in [0.15, 0.2) is 34.9 Å². The van der Waals surface area contributed by atoms with E-state index in [-0.39, 0.29) is 5.92 Å². The Kier molecular flexibility index (Phi) is 24.7. The van der Waals surface area contributed by atoms with Gasteiger partial charge >= 0.3 is 0 Å². The van der Waals surface area contributed by atoms with E-state index in [1.165, 1.54) is 57.8 Å². The topological polar surface area (TPSA) is 52.6 Å². The lowest BCUT2D eigenvalue weighted by Gasteiger charge is -2.26. The minimum Gasteiger partial charge on any atom is -0.468 e. The van der Waals surface area contributed by atoms with Crippen LogP contribution in [0.2, 0.25) is 0 Å². The molecule has 0 aliphatic heterocycles. The summed E-state index contributed by atoms with van der Waals surface area (Å²) >= 11 is 0. The number of ether oxygens (including phenoxy) is 2. The summed E-state index contributed by atoms with van der Waals surface area (Å²) in [4.78, 5) is 20.6. The smallest absolute Gasteiger partial charge is 0.293 e. The van der Waals surface area contributed by atoms with Crippen LogP contribution in [0.15, 0.2) is 36.9 Å². The minimum absolute atomic E-state index is 0.178. The Morgan fingerprint density at radius 3 is 1.49 bits per heavy atom. The molecule has 310 valence electrons. The number of benzene rings is 2. The van der Waals surface area contributed by atoms with Crippen LogP contribution in [-0.4, -0.2) is 33.1 Å². The van der Waals surface area contributed by atoms with E-state index in [1.54, 1.807) is 7.11 Å². The Balaban J connectivity index is 0.000000285. The molecule has 2 aromatic rings. The van der Waals surface area contributed by atoms with Gasteiger partial charge in [0.05, 0.1) is 6.61 Å². The summed E-state index contributed by atoms with van der Waals surface area (Å²) in [6, 6.07) is 4.36. The number of aldehydes is 1. The van der Waals surface area contributed by atoms with E-state index in [0.29, 0.717) is 54.8 Å². The second kappa shape index (κ2) is 28.3. The van der Waals surface area contributed by atoms with E-state index in [0.717, 1.165) is 101 Å². The lowest BCUT2D eigenvalue weighted by Crippen LogP contribution is -2.16. The molecule has 2 aromatic carbocycles. The number of aryl methyl sites for hydroxylation is 2. The molecule has 0 heterocycles. The van der Waals surface area contributed by atoms with Crippen LogP contribution >= 0.6 is 0 Å². The molecule has 1 atom stereocenters. The van der Waals surface area contributed by atoms with Gasteiger partial charge in [-0.3, -0.25) is 4.79 Å². The van der Waals surface area contributed by atoms with Gasteiger partial charge in [0.25, 0.3) is 6.47 Å². The molecule has 1 unspecified atom stereocenters. The van der Waals surface area contributed by atoms with Crippen molar-refractivity contribution in [3.05, 3.63) is 83.0 Å². The third kappa shape index (κ3) is 20.0. The highest BCUT2D eigenvalue weighted by atomic mass is 19.2. The third-order valence-electron chi connectivity index (χ3n) is 11.2. The van der Waals surface area contributed by atoms with Crippen molar-refractivity contribution in [1.29, 1.82) is 0 Å². The zero-order chi connectivity index (χ0) is 40.4. The number of unbranched alkanes of at least 4 members (excludes halogenated alkanes) is 4. The van der Waals surface area contributed by atoms with Crippen molar-refractivity contribution in [2.75, 3.05) is 20.3 Å². The standard InChI is InChI=1S/C15H17F3O.C15H19F3.C15H28O3/c16-13-7-12(8-14(17)15(13)18)6-3-10-1-4-11(9-19)5-2-10;1-10-2-4-11(5-3-10)6-7-12-8-13(16)15(18)14(17)9-12;1-3-15(10-6-4-8-12-17-2)11-7-5-9-13-18-14-16/h7-11H,1-6H2;8-11H,2-7H2,1H3;3,14-15H,1,4-13H2,2H3. The van der Waals surface area contributed by atoms with Gasteiger partial charge in [-0.25, -0.2) is 26.3 Å². The largest absolute Gasteiger partial charge is 0.468 e. The van der Waals surface area contributed by atoms with Crippen LogP contribution in [-0.2, 0) is 31.9 Å². The molecular formula is C45H64F6O4. The van der Waals surface area contributed by atoms with E-state index in [2.05, 4.69) is 24.3 Å². The summed E-state index contributed by atoms with van der Waals surface area (Å²) < 4.78 is 87.5. The Morgan fingerprint density at radius 1 is 0.655 bits per heavy atom. The molecule has 0 amide bonds. The average Bonchev–Trinajstić information content (AvgIpc) is 3.19. The third-order valence-corrected chi connectivity index (χ3v) is 11.2. The molecule has 0 spiro atoms. The fourth-order valence-electron chi connectivity index (χ4n) is 7.50. The lowest BCUT2D eigenvalue weighted by molar-refractivity contribution is -0.128. The van der Waals surface area contributed by atoms with Crippen LogP contribution in [0.5, 0.6) is 0 Å². The molecule has 2 aliphatic rings. The Labute approximate surface area is 325 Å². The molecule has 4 rings (SSSR count). The molecule has 0 bridgehead atoms. The van der Waals surface area contributed by atoms with Crippen molar-refractivity contribution in [3.8, 4) is 0 Å². The summed E-state index contributed by atoms with van der Waals surface area (Å²) in [6.07, 6.45) is 24.1. The lowest BCUT2D eigenvalue weighted by atomic mass is 9.80. The van der Waals surface area contributed by atoms with Gasteiger partial charge in [-0.1, -0.05) is 64.4 Å². The molecule has 2 saturated carbocycles. The highest BCUT2D eigenvalue weighted by molar-refractivity contribution is 5.53. The number of carbonyl (C=O) groups is 2. The van der Waals surface area contributed by atoms with E-state index in [4.69, 9.17) is 4.74 Å². The predicted molar refractivity (Wildman–Crippen MR) is 206 cm³/mol. The number of rotatable bonds is 21. The average molecular weight is 783 g/mol. The first-order chi connectivity index (χ1) is 26.5. The van der Waals surface area contributed by atoms with Crippen molar-refractivity contribution >= 4 is 12.8 Å². The summed E-state index contributed by atoms with van der Waals surface area (Å²) in [5, 5.41) is 0. The van der Waals surface area contributed by atoms with Gasteiger partial charge in [0.2, 0.25) is 0 Å². The molecule has 2 fully saturated rings. The SMILES string of the molecule is C=CC(CCCCCOC)CCCCCOC=O.CC1CCC(CCc2cc(F)c(F)c(F)c2)CC1.O=CC1CCC(CCc2cc(F)c(F)c(F)c2)CC1. The maximum atomic E-state index is 13.0. The van der Waals surface area contributed by atoms with Crippen LogP contribution in [0.4, 0.5) is 26.3 Å². The summed E-state index contributed by atoms with van der Waals surface area (Å²) in [5.41, 5.74) is 1.05. The molecule has 0 radical (unpaired) electrons. The van der Waals surface area contributed by atoms with E-state index < -0.39 is 34.9 Å². The first kappa shape index (κ1) is 48.0. The van der Waals surface area contributed by atoms with Crippen LogP contribution in [0.3, 0.4) is 0 Å². The van der Waals surface area contributed by atoms with Crippen molar-refractivity contribution in [2.45, 2.75) is 135 Å². The fraction of sp³-hybridized carbons (Fsp3) is 0.644. The summed E-state index contributed by atoms with van der Waals surface area (Å²) in [5.74, 6) is -4.42. The number of hydrogen-bond acceptors (Lipinski definition) is 4. The molecule has 0 saturated heterocycles. The molecule has 4 nitrogen and oxygen atoms in total. The molecule has 10 heteroatoms. The van der Waals surface area contributed by atoms with Gasteiger partial charge < -0.3 is 14.3 Å². The van der Waals surface area contributed by atoms with Gasteiger partial charge in [-0.2, -0.15) is 0 Å². The van der Waals surface area contributed by atoms with Gasteiger partial charge in [-0.05, 0) is 136 Å². The first-order valence-electron chi connectivity index (χ1n) is 20.4. The zero-order valence-corrected chi connectivity index (χ0v) is 33.1. The summed E-state index contributed by atoms with van der Waals surface area (Å²) in [7, 11) is 1.75. The van der Waals surface area contributed by atoms with Crippen LogP contribution in [0, 0.1) is 64.5 Å². The highest BCUT2D eigenvalue weighted by Gasteiger charge is 2.21. The van der Waals surface area contributed by atoms with Crippen molar-refractivity contribution in [1.82, 2.24) is 0 Å². The molecule has 55 heavy (non-hydrogen) atoms. The monoisotopic (exact) mass is 782 g/mol. The van der Waals surface area contributed by atoms with Gasteiger partial charge in [0, 0.05) is 19.6 Å². The zero-order valence-electron chi connectivity index (χ0n) is 33.1. The molecule has 0 aromatic heterocycles. The van der Waals surface area contributed by atoms with Gasteiger partial charge in [0.1, 0.15) is 6.29 Å². The van der Waals surface area contributed by atoms with E-state index >= 15 is 0 Å². The fourth-order valence-corrected chi connectivity index (χ4v) is 7.50. The quantitative estimate of drug-likeness (QED) is 0.0416. The van der Waals surface area contributed by atoms with Gasteiger partial charge in [-0.15, -0.1) is 6.58 Å². The molecule has 2 aliphatic carbocycles. The minimum atomic E-state index is -1.41. The van der Waals surface area contributed by atoms with Crippen LogP contribution in [0.25, 0.3) is 0 Å². The number of allylic oxidation sites excluding steroid dienone is 1. The Bertz CT molecular complexity index is 1330. The maximum absolute atomic E-state index is 13.0. The normalized spacial score (nSPS) is 19.9. The van der Waals surface area contributed by atoms with Crippen LogP contribution in [0.1, 0.15) is 134 Å². The van der Waals surface area contributed by atoms with E-state index in [1.807, 2.05) is 0 Å². The number of carbonyl (C=O) groups excluding carboxylic acids is 2. The van der Waals surface area contributed by atoms with Crippen LogP contribution < -0.4 is 0 Å². The Morgan fingerprint density at radius 2 is 1.09 bits per heavy atom. The number of halogens is 6. The van der Waals surface area contributed by atoms with Crippen molar-refractivity contribution < 1.29 is 45.4 Å². The Hall–Kier alpha value is -3.14. The number of methoxy groups -OCH3 is 1. The van der Waals surface area contributed by atoms with Crippen molar-refractivity contribution in [3.63, 3.8) is 0 Å². The maximum Gasteiger partial charge on any atom is 0.293 e. The number of hydrogen-bond donors (Lipinski definition) is 0. The van der Waals surface area contributed by atoms with Crippen molar-refractivity contribution in [2.24, 2.45) is 29.6 Å². The summed E-state index contributed by atoms with van der Waals surface area (Å²) in [6.45, 7) is 8.12. The second-order valence-electron chi connectivity index (χ2n) is 15.5. The second-order valence-corrected chi connectivity index (χ2v) is 15.5. The molecular weight excluding hydrogens is 718 g/mol. The predicted octanol–water partition coefficient (Wildman–Crippen LogP) is 12.6. The first-order valence-corrected chi connectivity index (χ1v) is 20.4. The van der Waals surface area contributed by atoms with E-state index in [9.17, 15) is 35.9 Å². The highest BCUT2D eigenvalue weighted by Crippen LogP contribution is 2.32. The molecule has 0 N–H and O–H groups in total.